The molecule has 0 bridgehead atoms. The van der Waals surface area contributed by atoms with Crippen molar-refractivity contribution in [1.29, 1.82) is 0 Å². The summed E-state index contributed by atoms with van der Waals surface area (Å²) in [6.07, 6.45) is 2.02. The van der Waals surface area contributed by atoms with Gasteiger partial charge >= 0.3 is 0 Å². The minimum Gasteiger partial charge on any atom is -0.380 e. The molecule has 2 aromatic carbocycles. The van der Waals surface area contributed by atoms with Crippen molar-refractivity contribution >= 4 is 39.1 Å². The average Bonchev–Trinajstić information content (AvgIpc) is 2.44. The largest absolute Gasteiger partial charge is 0.380 e. The molecular formula is C14H13BrN2O2S. The number of halogens is 1. The molecule has 20 heavy (non-hydrogen) atoms. The lowest BCUT2D eigenvalue weighted by Crippen LogP contribution is -2.01. The molecule has 0 aliphatic rings. The number of hydrogen-bond donors (Lipinski definition) is 1. The monoisotopic (exact) mass is 352 g/mol. The number of benzene rings is 2. The molecule has 0 aliphatic carbocycles. The van der Waals surface area contributed by atoms with E-state index in [1.54, 1.807) is 17.8 Å². The van der Waals surface area contributed by atoms with Gasteiger partial charge in [0.2, 0.25) is 0 Å². The van der Waals surface area contributed by atoms with Crippen LogP contribution in [0.2, 0.25) is 0 Å². The van der Waals surface area contributed by atoms with Crippen LogP contribution < -0.4 is 5.32 Å². The topological polar surface area (TPSA) is 55.2 Å². The van der Waals surface area contributed by atoms with E-state index in [0.29, 0.717) is 11.0 Å². The average molecular weight is 353 g/mol. The Bertz CT molecular complexity index is 634. The van der Waals surface area contributed by atoms with Crippen LogP contribution in [-0.4, -0.2) is 11.2 Å². The molecule has 6 heteroatoms. The number of non-ortho nitro benzene ring substituents is 1. The molecule has 0 spiro atoms. The SMILES string of the molecule is CSc1ccccc1NCc1cc(Br)cc([N+](=O)[O-])c1. The molecule has 0 unspecified atom stereocenters. The van der Waals surface area contributed by atoms with E-state index in [9.17, 15) is 10.1 Å². The maximum absolute atomic E-state index is 10.8. The fourth-order valence-electron chi connectivity index (χ4n) is 1.83. The smallest absolute Gasteiger partial charge is 0.270 e. The molecule has 104 valence electrons. The van der Waals surface area contributed by atoms with Crippen LogP contribution in [0.5, 0.6) is 0 Å². The highest BCUT2D eigenvalue weighted by molar-refractivity contribution is 9.10. The van der Waals surface area contributed by atoms with Crippen LogP contribution in [-0.2, 0) is 6.54 Å². The van der Waals surface area contributed by atoms with Gasteiger partial charge in [0, 0.05) is 33.7 Å². The second-order valence-electron chi connectivity index (χ2n) is 4.13. The Hall–Kier alpha value is -1.53. The first-order chi connectivity index (χ1) is 9.60. The first-order valence-corrected chi connectivity index (χ1v) is 7.92. The number of thioether (sulfide) groups is 1. The number of hydrogen-bond acceptors (Lipinski definition) is 4. The van der Waals surface area contributed by atoms with Crippen LogP contribution in [0.25, 0.3) is 0 Å². The first kappa shape index (κ1) is 14.9. The van der Waals surface area contributed by atoms with Gasteiger partial charge in [-0.15, -0.1) is 11.8 Å². The molecule has 1 N–H and O–H groups in total. The van der Waals surface area contributed by atoms with E-state index in [1.165, 1.54) is 6.07 Å². The van der Waals surface area contributed by atoms with E-state index in [-0.39, 0.29) is 10.6 Å². The lowest BCUT2D eigenvalue weighted by molar-refractivity contribution is -0.385. The molecule has 2 rings (SSSR count). The molecular weight excluding hydrogens is 340 g/mol. The Balaban J connectivity index is 2.16. The molecule has 0 saturated heterocycles. The molecule has 0 radical (unpaired) electrons. The molecule has 0 aliphatic heterocycles. The van der Waals surface area contributed by atoms with E-state index >= 15 is 0 Å². The second-order valence-corrected chi connectivity index (χ2v) is 5.89. The first-order valence-electron chi connectivity index (χ1n) is 5.91. The summed E-state index contributed by atoms with van der Waals surface area (Å²) in [5.41, 5.74) is 1.99. The maximum Gasteiger partial charge on any atom is 0.270 e. The van der Waals surface area contributed by atoms with Crippen molar-refractivity contribution in [2.24, 2.45) is 0 Å². The van der Waals surface area contributed by atoms with Gasteiger partial charge in [-0.3, -0.25) is 10.1 Å². The van der Waals surface area contributed by atoms with E-state index in [0.717, 1.165) is 16.1 Å². The minimum atomic E-state index is -0.385. The molecule has 2 aromatic rings. The quantitative estimate of drug-likeness (QED) is 0.481. The van der Waals surface area contributed by atoms with Gasteiger partial charge in [0.1, 0.15) is 0 Å². The summed E-state index contributed by atoms with van der Waals surface area (Å²) in [6, 6.07) is 12.9. The van der Waals surface area contributed by atoms with E-state index < -0.39 is 0 Å². The zero-order valence-electron chi connectivity index (χ0n) is 10.8. The Morgan fingerprint density at radius 2 is 2.05 bits per heavy atom. The zero-order chi connectivity index (χ0) is 14.5. The van der Waals surface area contributed by atoms with Crippen LogP contribution in [0, 0.1) is 10.1 Å². The van der Waals surface area contributed by atoms with Gasteiger partial charge in [-0.25, -0.2) is 0 Å². The third kappa shape index (κ3) is 3.74. The van der Waals surface area contributed by atoms with Gasteiger partial charge in [-0.05, 0) is 30.0 Å². The van der Waals surface area contributed by atoms with Gasteiger partial charge in [0.25, 0.3) is 5.69 Å². The van der Waals surface area contributed by atoms with Crippen LogP contribution in [0.1, 0.15) is 5.56 Å². The van der Waals surface area contributed by atoms with Crippen molar-refractivity contribution in [2.75, 3.05) is 11.6 Å². The van der Waals surface area contributed by atoms with Crippen LogP contribution >= 0.6 is 27.7 Å². The summed E-state index contributed by atoms with van der Waals surface area (Å²) in [7, 11) is 0. The number of anilines is 1. The summed E-state index contributed by atoms with van der Waals surface area (Å²) < 4.78 is 0.710. The van der Waals surface area contributed by atoms with Crippen LogP contribution in [0.4, 0.5) is 11.4 Å². The van der Waals surface area contributed by atoms with Crippen molar-refractivity contribution < 1.29 is 4.92 Å². The van der Waals surface area contributed by atoms with Crippen molar-refractivity contribution in [2.45, 2.75) is 11.4 Å². The zero-order valence-corrected chi connectivity index (χ0v) is 13.2. The summed E-state index contributed by atoms with van der Waals surface area (Å²) in [5, 5.41) is 14.2. The van der Waals surface area contributed by atoms with E-state index in [4.69, 9.17) is 0 Å². The lowest BCUT2D eigenvalue weighted by Gasteiger charge is -2.10. The molecule has 0 amide bonds. The number of nitrogens with zero attached hydrogens (tertiary/aromatic N) is 1. The van der Waals surface area contributed by atoms with E-state index in [1.807, 2.05) is 36.6 Å². The summed E-state index contributed by atoms with van der Waals surface area (Å²) in [6.45, 7) is 0.540. The number of para-hydroxylation sites is 1. The highest BCUT2D eigenvalue weighted by atomic mass is 79.9. The fraction of sp³-hybridized carbons (Fsp3) is 0.143. The van der Waals surface area contributed by atoms with Crippen molar-refractivity contribution in [3.8, 4) is 0 Å². The highest BCUT2D eigenvalue weighted by Gasteiger charge is 2.09. The molecule has 0 fully saturated rings. The second kappa shape index (κ2) is 6.76. The molecule has 0 saturated carbocycles. The minimum absolute atomic E-state index is 0.0920. The summed E-state index contributed by atoms with van der Waals surface area (Å²) in [4.78, 5) is 11.6. The van der Waals surface area contributed by atoms with Gasteiger partial charge in [0.05, 0.1) is 4.92 Å². The number of rotatable bonds is 5. The van der Waals surface area contributed by atoms with Crippen LogP contribution in [0.3, 0.4) is 0 Å². The molecule has 0 atom stereocenters. The summed E-state index contributed by atoms with van der Waals surface area (Å²) in [5.74, 6) is 0. The standard InChI is InChI=1S/C14H13BrN2O2S/c1-20-14-5-3-2-4-13(14)16-9-10-6-11(15)8-12(7-10)17(18)19/h2-8,16H,9H2,1H3. The normalized spacial score (nSPS) is 10.3. The predicted octanol–water partition coefficient (Wildman–Crippen LogP) is 4.69. The van der Waals surface area contributed by atoms with Crippen molar-refractivity contribution in [1.82, 2.24) is 0 Å². The number of nitro benzene ring substituents is 1. The van der Waals surface area contributed by atoms with Gasteiger partial charge in [-0.2, -0.15) is 0 Å². The fourth-order valence-corrected chi connectivity index (χ4v) is 2.93. The lowest BCUT2D eigenvalue weighted by atomic mass is 10.2. The Morgan fingerprint density at radius 1 is 1.30 bits per heavy atom. The van der Waals surface area contributed by atoms with Gasteiger partial charge < -0.3 is 5.32 Å². The Labute approximate surface area is 129 Å². The summed E-state index contributed by atoms with van der Waals surface area (Å²) >= 11 is 4.96. The maximum atomic E-state index is 10.8. The number of nitrogens with one attached hydrogen (secondary N) is 1. The van der Waals surface area contributed by atoms with Crippen molar-refractivity contribution in [3.05, 3.63) is 62.6 Å². The van der Waals surface area contributed by atoms with Gasteiger partial charge in [-0.1, -0.05) is 28.1 Å². The predicted molar refractivity (Wildman–Crippen MR) is 86.3 cm³/mol. The third-order valence-corrected chi connectivity index (χ3v) is 4.00. The Kier molecular flexibility index (Phi) is 5.03. The number of nitro groups is 1. The van der Waals surface area contributed by atoms with E-state index in [2.05, 4.69) is 21.2 Å². The van der Waals surface area contributed by atoms with Crippen LogP contribution in [0.15, 0.2) is 51.8 Å². The van der Waals surface area contributed by atoms with Gasteiger partial charge in [0.15, 0.2) is 0 Å². The molecule has 0 aromatic heterocycles. The van der Waals surface area contributed by atoms with Crippen molar-refractivity contribution in [3.63, 3.8) is 0 Å². The third-order valence-electron chi connectivity index (χ3n) is 2.74. The highest BCUT2D eigenvalue weighted by Crippen LogP contribution is 2.26. The molecule has 4 nitrogen and oxygen atoms in total. The Morgan fingerprint density at radius 3 is 2.75 bits per heavy atom. The molecule has 0 heterocycles.